The summed E-state index contributed by atoms with van der Waals surface area (Å²) in [6, 6.07) is 1.74. The van der Waals surface area contributed by atoms with Crippen LogP contribution in [0.4, 0.5) is 0 Å². The van der Waals surface area contributed by atoms with Crippen molar-refractivity contribution in [2.75, 3.05) is 19.7 Å². The van der Waals surface area contributed by atoms with Crippen molar-refractivity contribution in [1.82, 2.24) is 9.47 Å². The first-order chi connectivity index (χ1) is 9.15. The van der Waals surface area contributed by atoms with Crippen LogP contribution in [0.5, 0.6) is 0 Å². The number of carbonyl (C=O) groups is 1. The van der Waals surface area contributed by atoms with Gasteiger partial charge in [-0.05, 0) is 38.2 Å². The third-order valence-electron chi connectivity index (χ3n) is 3.77. The van der Waals surface area contributed by atoms with Crippen molar-refractivity contribution in [3.63, 3.8) is 0 Å². The lowest BCUT2D eigenvalue weighted by atomic mass is 9.95. The molecule has 0 saturated carbocycles. The largest absolute Gasteiger partial charge is 0.396 e. The van der Waals surface area contributed by atoms with Gasteiger partial charge in [-0.25, -0.2) is 0 Å². The van der Waals surface area contributed by atoms with Gasteiger partial charge in [0.05, 0.1) is 5.02 Å². The predicted molar refractivity (Wildman–Crippen MR) is 75.4 cm³/mol. The summed E-state index contributed by atoms with van der Waals surface area (Å²) in [5, 5.41) is 9.63. The number of carbonyl (C=O) groups excluding carboxylic acids is 1. The van der Waals surface area contributed by atoms with Crippen LogP contribution in [0, 0.1) is 5.92 Å². The SMILES string of the molecule is CCn1cc(Cl)cc1C(=O)N1CCCC(CCO)C1. The number of aromatic nitrogens is 1. The van der Waals surface area contributed by atoms with Crippen molar-refractivity contribution in [1.29, 1.82) is 0 Å². The zero-order valence-electron chi connectivity index (χ0n) is 11.3. The molecule has 0 spiro atoms. The van der Waals surface area contributed by atoms with E-state index in [9.17, 15) is 4.79 Å². The third kappa shape index (κ3) is 3.31. The number of halogens is 1. The highest BCUT2D eigenvalue weighted by molar-refractivity contribution is 6.31. The van der Waals surface area contributed by atoms with Gasteiger partial charge < -0.3 is 14.6 Å². The van der Waals surface area contributed by atoms with Gasteiger partial charge in [0.2, 0.25) is 0 Å². The summed E-state index contributed by atoms with van der Waals surface area (Å²) in [7, 11) is 0. The average molecular weight is 285 g/mol. The average Bonchev–Trinajstić information content (AvgIpc) is 2.80. The summed E-state index contributed by atoms with van der Waals surface area (Å²) in [5.41, 5.74) is 0.664. The summed E-state index contributed by atoms with van der Waals surface area (Å²) < 4.78 is 1.89. The maximum Gasteiger partial charge on any atom is 0.270 e. The number of rotatable bonds is 4. The first kappa shape index (κ1) is 14.4. The minimum Gasteiger partial charge on any atom is -0.396 e. The molecular formula is C14H21ClN2O2. The standard InChI is InChI=1S/C14H21ClN2O2/c1-2-16-10-12(15)8-13(16)14(19)17-6-3-4-11(9-17)5-7-18/h8,10-11,18H,2-7,9H2,1H3. The lowest BCUT2D eigenvalue weighted by Crippen LogP contribution is -2.40. The van der Waals surface area contributed by atoms with E-state index in [1.165, 1.54) is 0 Å². The summed E-state index contributed by atoms with van der Waals surface area (Å²) in [6.07, 6.45) is 4.68. The van der Waals surface area contributed by atoms with Crippen LogP contribution in [0.1, 0.15) is 36.7 Å². The van der Waals surface area contributed by atoms with E-state index in [1.54, 1.807) is 12.3 Å². The molecule has 1 aliphatic heterocycles. The van der Waals surface area contributed by atoms with Crippen LogP contribution in [0.2, 0.25) is 5.02 Å². The third-order valence-corrected chi connectivity index (χ3v) is 3.97. The molecule has 1 aromatic rings. The van der Waals surface area contributed by atoms with Crippen molar-refractivity contribution in [3.05, 3.63) is 23.0 Å². The van der Waals surface area contributed by atoms with Gasteiger partial charge in [-0.3, -0.25) is 4.79 Å². The lowest BCUT2D eigenvalue weighted by Gasteiger charge is -2.32. The molecule has 1 aromatic heterocycles. The Balaban J connectivity index is 2.10. The van der Waals surface area contributed by atoms with Crippen LogP contribution in [-0.2, 0) is 6.54 Å². The zero-order valence-corrected chi connectivity index (χ0v) is 12.1. The Kier molecular flexibility index (Phi) is 4.88. The molecule has 4 nitrogen and oxygen atoms in total. The predicted octanol–water partition coefficient (Wildman–Crippen LogP) is 2.40. The molecular weight excluding hydrogens is 264 g/mol. The van der Waals surface area contributed by atoms with Crippen LogP contribution < -0.4 is 0 Å². The second-order valence-corrected chi connectivity index (χ2v) is 5.54. The number of amides is 1. The van der Waals surface area contributed by atoms with Crippen LogP contribution in [0.25, 0.3) is 0 Å². The summed E-state index contributed by atoms with van der Waals surface area (Å²) in [4.78, 5) is 14.4. The minimum absolute atomic E-state index is 0.0522. The van der Waals surface area contributed by atoms with E-state index < -0.39 is 0 Å². The van der Waals surface area contributed by atoms with Gasteiger partial charge in [-0.1, -0.05) is 11.6 Å². The molecule has 5 heteroatoms. The van der Waals surface area contributed by atoms with E-state index in [4.69, 9.17) is 16.7 Å². The fourth-order valence-corrected chi connectivity index (χ4v) is 2.97. The van der Waals surface area contributed by atoms with Crippen molar-refractivity contribution < 1.29 is 9.90 Å². The van der Waals surface area contributed by atoms with Gasteiger partial charge in [0.1, 0.15) is 5.69 Å². The normalized spacial score (nSPS) is 19.7. The van der Waals surface area contributed by atoms with Crippen LogP contribution in [0.3, 0.4) is 0 Å². The summed E-state index contributed by atoms with van der Waals surface area (Å²) in [5.74, 6) is 0.472. The highest BCUT2D eigenvalue weighted by Gasteiger charge is 2.25. The van der Waals surface area contributed by atoms with Gasteiger partial charge >= 0.3 is 0 Å². The Morgan fingerprint density at radius 2 is 2.37 bits per heavy atom. The van der Waals surface area contributed by atoms with Gasteiger partial charge in [0.25, 0.3) is 5.91 Å². The first-order valence-electron chi connectivity index (χ1n) is 6.91. The van der Waals surface area contributed by atoms with Crippen LogP contribution in [-0.4, -0.2) is 40.2 Å². The first-order valence-corrected chi connectivity index (χ1v) is 7.29. The van der Waals surface area contributed by atoms with E-state index in [2.05, 4.69) is 0 Å². The van der Waals surface area contributed by atoms with E-state index in [-0.39, 0.29) is 12.5 Å². The molecule has 1 aliphatic rings. The van der Waals surface area contributed by atoms with E-state index >= 15 is 0 Å². The maximum absolute atomic E-state index is 12.5. The molecule has 0 bridgehead atoms. The number of likely N-dealkylation sites (tertiary alicyclic amines) is 1. The second-order valence-electron chi connectivity index (χ2n) is 5.10. The fourth-order valence-electron chi connectivity index (χ4n) is 2.75. The second kappa shape index (κ2) is 6.44. The molecule has 1 fully saturated rings. The van der Waals surface area contributed by atoms with Crippen LogP contribution >= 0.6 is 11.6 Å². The maximum atomic E-state index is 12.5. The quantitative estimate of drug-likeness (QED) is 0.923. The number of aliphatic hydroxyl groups excluding tert-OH is 1. The Labute approximate surface area is 119 Å². The van der Waals surface area contributed by atoms with Gasteiger partial charge in [-0.2, -0.15) is 0 Å². The topological polar surface area (TPSA) is 45.5 Å². The zero-order chi connectivity index (χ0) is 13.8. The highest BCUT2D eigenvalue weighted by Crippen LogP contribution is 2.22. The molecule has 19 heavy (non-hydrogen) atoms. The number of aryl methyl sites for hydroxylation is 1. The molecule has 2 rings (SSSR count). The number of nitrogens with zero attached hydrogens (tertiary/aromatic N) is 2. The minimum atomic E-state index is 0.0522. The molecule has 1 N–H and O–H groups in total. The highest BCUT2D eigenvalue weighted by atomic mass is 35.5. The Morgan fingerprint density at radius 3 is 3.05 bits per heavy atom. The van der Waals surface area contributed by atoms with E-state index in [0.29, 0.717) is 16.6 Å². The van der Waals surface area contributed by atoms with Gasteiger partial charge in [0, 0.05) is 32.4 Å². The van der Waals surface area contributed by atoms with E-state index in [1.807, 2.05) is 16.4 Å². The molecule has 1 atom stereocenters. The molecule has 1 amide bonds. The molecule has 106 valence electrons. The van der Waals surface area contributed by atoms with Gasteiger partial charge in [0.15, 0.2) is 0 Å². The molecule has 0 aliphatic carbocycles. The van der Waals surface area contributed by atoms with Gasteiger partial charge in [-0.15, -0.1) is 0 Å². The Bertz CT molecular complexity index is 443. The molecule has 1 unspecified atom stereocenters. The van der Waals surface area contributed by atoms with Crippen molar-refractivity contribution in [2.45, 2.75) is 32.7 Å². The number of piperidine rings is 1. The number of aliphatic hydroxyl groups is 1. The van der Waals surface area contributed by atoms with Crippen molar-refractivity contribution in [2.24, 2.45) is 5.92 Å². The fraction of sp³-hybridized carbons (Fsp3) is 0.643. The molecule has 2 heterocycles. The smallest absolute Gasteiger partial charge is 0.270 e. The monoisotopic (exact) mass is 284 g/mol. The van der Waals surface area contributed by atoms with Crippen molar-refractivity contribution in [3.8, 4) is 0 Å². The number of hydrogen-bond acceptors (Lipinski definition) is 2. The Morgan fingerprint density at radius 1 is 1.58 bits per heavy atom. The summed E-state index contributed by atoms with van der Waals surface area (Å²) >= 11 is 5.98. The Hall–Kier alpha value is -1.00. The molecule has 0 aromatic carbocycles. The van der Waals surface area contributed by atoms with Crippen LogP contribution in [0.15, 0.2) is 12.3 Å². The lowest BCUT2D eigenvalue weighted by molar-refractivity contribution is 0.0643. The molecule has 0 radical (unpaired) electrons. The number of hydrogen-bond donors (Lipinski definition) is 1. The summed E-state index contributed by atoms with van der Waals surface area (Å²) in [6.45, 7) is 4.47. The van der Waals surface area contributed by atoms with Crippen molar-refractivity contribution >= 4 is 17.5 Å². The molecule has 1 saturated heterocycles. The van der Waals surface area contributed by atoms with E-state index in [0.717, 1.165) is 38.9 Å².